The van der Waals surface area contributed by atoms with Crippen molar-refractivity contribution >= 4 is 17.4 Å². The van der Waals surface area contributed by atoms with Gasteiger partial charge in [0.2, 0.25) is 0 Å². The fourth-order valence-electron chi connectivity index (χ4n) is 2.01. The van der Waals surface area contributed by atoms with E-state index in [-0.39, 0.29) is 5.82 Å². The van der Waals surface area contributed by atoms with Gasteiger partial charge in [-0.25, -0.2) is 14.4 Å². The molecule has 5 heteroatoms. The first-order valence-electron chi connectivity index (χ1n) is 5.56. The summed E-state index contributed by atoms with van der Waals surface area (Å²) in [5.41, 5.74) is 0.485. The smallest absolute Gasteiger partial charge is 0.187 e. The van der Waals surface area contributed by atoms with E-state index in [0.717, 1.165) is 19.5 Å². The quantitative estimate of drug-likeness (QED) is 0.763. The summed E-state index contributed by atoms with van der Waals surface area (Å²) >= 11 is 5.81. The SMILES string of the molecule is CCc1ncnc(N2CCC(CCl)C2)c1F. The number of aryl methyl sites for hydroxylation is 1. The fourth-order valence-corrected chi connectivity index (χ4v) is 2.27. The molecule has 1 atom stereocenters. The van der Waals surface area contributed by atoms with Crippen LogP contribution < -0.4 is 4.90 Å². The minimum Gasteiger partial charge on any atom is -0.354 e. The number of halogens is 2. The first kappa shape index (κ1) is 11.6. The van der Waals surface area contributed by atoms with Crippen LogP contribution in [0.3, 0.4) is 0 Å². The molecule has 2 heterocycles. The fraction of sp³-hybridized carbons (Fsp3) is 0.636. The summed E-state index contributed by atoms with van der Waals surface area (Å²) in [4.78, 5) is 9.93. The summed E-state index contributed by atoms with van der Waals surface area (Å²) in [7, 11) is 0. The highest BCUT2D eigenvalue weighted by Gasteiger charge is 2.25. The molecule has 1 aliphatic heterocycles. The summed E-state index contributed by atoms with van der Waals surface area (Å²) in [5.74, 6) is 1.23. The van der Waals surface area contributed by atoms with Gasteiger partial charge in [0.15, 0.2) is 11.6 Å². The van der Waals surface area contributed by atoms with Crippen LogP contribution in [-0.4, -0.2) is 28.9 Å². The summed E-state index contributed by atoms with van der Waals surface area (Å²) < 4.78 is 14.0. The number of anilines is 1. The molecule has 1 fully saturated rings. The summed E-state index contributed by atoms with van der Waals surface area (Å²) in [5, 5.41) is 0. The molecule has 3 nitrogen and oxygen atoms in total. The van der Waals surface area contributed by atoms with Crippen molar-refractivity contribution in [2.75, 3.05) is 23.9 Å². The molecule has 1 unspecified atom stereocenters. The maximum absolute atomic E-state index is 14.0. The van der Waals surface area contributed by atoms with Gasteiger partial charge in [-0.15, -0.1) is 11.6 Å². The highest BCUT2D eigenvalue weighted by Crippen LogP contribution is 2.25. The Morgan fingerprint density at radius 1 is 1.56 bits per heavy atom. The molecular weight excluding hydrogens is 229 g/mol. The van der Waals surface area contributed by atoms with Gasteiger partial charge in [0.25, 0.3) is 0 Å². The predicted octanol–water partition coefficient (Wildman–Crippen LogP) is 2.24. The molecule has 2 rings (SSSR count). The van der Waals surface area contributed by atoms with E-state index in [1.807, 2.05) is 11.8 Å². The van der Waals surface area contributed by atoms with Crippen LogP contribution in [0, 0.1) is 11.7 Å². The lowest BCUT2D eigenvalue weighted by molar-refractivity contribution is 0.586. The molecular formula is C11H15ClFN3. The normalized spacial score (nSPS) is 20.4. The minimum atomic E-state index is -0.278. The van der Waals surface area contributed by atoms with Gasteiger partial charge in [-0.1, -0.05) is 6.92 Å². The number of alkyl halides is 1. The van der Waals surface area contributed by atoms with Crippen LogP contribution in [-0.2, 0) is 6.42 Å². The van der Waals surface area contributed by atoms with Gasteiger partial charge in [0.1, 0.15) is 6.33 Å². The van der Waals surface area contributed by atoms with Gasteiger partial charge < -0.3 is 4.90 Å². The molecule has 0 N–H and O–H groups in total. The zero-order chi connectivity index (χ0) is 11.5. The second-order valence-corrected chi connectivity index (χ2v) is 4.38. The van der Waals surface area contributed by atoms with Crippen LogP contribution in [0.4, 0.5) is 10.2 Å². The van der Waals surface area contributed by atoms with Gasteiger partial charge in [0, 0.05) is 19.0 Å². The topological polar surface area (TPSA) is 29.0 Å². The third-order valence-electron chi connectivity index (χ3n) is 2.98. The van der Waals surface area contributed by atoms with Crippen LogP contribution in [0.15, 0.2) is 6.33 Å². The van der Waals surface area contributed by atoms with Gasteiger partial charge >= 0.3 is 0 Å². The highest BCUT2D eigenvalue weighted by atomic mass is 35.5. The van der Waals surface area contributed by atoms with Crippen molar-refractivity contribution in [1.29, 1.82) is 0 Å². The molecule has 88 valence electrons. The summed E-state index contributed by atoms with van der Waals surface area (Å²) in [6.45, 7) is 3.51. The largest absolute Gasteiger partial charge is 0.354 e. The Labute approximate surface area is 99.6 Å². The van der Waals surface area contributed by atoms with Crippen molar-refractivity contribution < 1.29 is 4.39 Å². The molecule has 0 bridgehead atoms. The molecule has 1 aromatic rings. The zero-order valence-corrected chi connectivity index (χ0v) is 10.0. The minimum absolute atomic E-state index is 0.278. The highest BCUT2D eigenvalue weighted by molar-refractivity contribution is 6.18. The third-order valence-corrected chi connectivity index (χ3v) is 3.42. The average molecular weight is 244 g/mol. The Balaban J connectivity index is 2.21. The first-order valence-corrected chi connectivity index (χ1v) is 6.10. The van der Waals surface area contributed by atoms with Gasteiger partial charge in [0.05, 0.1) is 5.69 Å². The lowest BCUT2D eigenvalue weighted by Crippen LogP contribution is -2.23. The molecule has 0 spiro atoms. The van der Waals surface area contributed by atoms with Crippen LogP contribution in [0.2, 0.25) is 0 Å². The Morgan fingerprint density at radius 2 is 2.38 bits per heavy atom. The van der Waals surface area contributed by atoms with Gasteiger partial charge in [-0.3, -0.25) is 0 Å². The average Bonchev–Trinajstić information content (AvgIpc) is 2.78. The molecule has 1 saturated heterocycles. The Morgan fingerprint density at radius 3 is 3.00 bits per heavy atom. The second kappa shape index (κ2) is 4.95. The standard InChI is InChI=1S/C11H15ClFN3/c1-2-9-10(13)11(15-7-14-9)16-4-3-8(5-12)6-16/h7-8H,2-6H2,1H3. The Bertz CT molecular complexity index is 372. The summed E-state index contributed by atoms with van der Waals surface area (Å²) in [6.07, 6.45) is 3.04. The van der Waals surface area contributed by atoms with Crippen molar-refractivity contribution in [1.82, 2.24) is 9.97 Å². The van der Waals surface area contributed by atoms with E-state index in [4.69, 9.17) is 11.6 Å². The van der Waals surface area contributed by atoms with Gasteiger partial charge in [-0.2, -0.15) is 0 Å². The predicted molar refractivity (Wildman–Crippen MR) is 62.4 cm³/mol. The van der Waals surface area contributed by atoms with Crippen LogP contribution in [0.25, 0.3) is 0 Å². The lowest BCUT2D eigenvalue weighted by Gasteiger charge is -2.18. The monoisotopic (exact) mass is 243 g/mol. The maximum Gasteiger partial charge on any atom is 0.187 e. The molecule has 0 saturated carbocycles. The van der Waals surface area contributed by atoms with E-state index in [2.05, 4.69) is 9.97 Å². The lowest BCUT2D eigenvalue weighted by atomic mass is 10.2. The molecule has 0 radical (unpaired) electrons. The van der Waals surface area contributed by atoms with E-state index < -0.39 is 0 Å². The number of rotatable bonds is 3. The summed E-state index contributed by atoms with van der Waals surface area (Å²) in [6, 6.07) is 0. The van der Waals surface area contributed by atoms with E-state index >= 15 is 0 Å². The number of hydrogen-bond acceptors (Lipinski definition) is 3. The Hall–Kier alpha value is -0.900. The van der Waals surface area contributed by atoms with Crippen molar-refractivity contribution in [3.63, 3.8) is 0 Å². The van der Waals surface area contributed by atoms with Crippen LogP contribution in [0.5, 0.6) is 0 Å². The third kappa shape index (κ3) is 2.12. The molecule has 1 aliphatic rings. The van der Waals surface area contributed by atoms with E-state index in [9.17, 15) is 4.39 Å². The molecule has 0 aromatic carbocycles. The van der Waals surface area contributed by atoms with E-state index in [1.165, 1.54) is 6.33 Å². The van der Waals surface area contributed by atoms with Crippen molar-refractivity contribution in [2.45, 2.75) is 19.8 Å². The van der Waals surface area contributed by atoms with Crippen molar-refractivity contribution in [3.05, 3.63) is 17.8 Å². The van der Waals surface area contributed by atoms with Crippen molar-refractivity contribution in [2.24, 2.45) is 5.92 Å². The zero-order valence-electron chi connectivity index (χ0n) is 9.29. The number of nitrogens with zero attached hydrogens (tertiary/aromatic N) is 3. The second-order valence-electron chi connectivity index (χ2n) is 4.07. The molecule has 16 heavy (non-hydrogen) atoms. The number of aromatic nitrogens is 2. The Kier molecular flexibility index (Phi) is 3.59. The van der Waals surface area contributed by atoms with E-state index in [1.54, 1.807) is 0 Å². The molecule has 0 aliphatic carbocycles. The maximum atomic E-state index is 14.0. The van der Waals surface area contributed by atoms with Crippen molar-refractivity contribution in [3.8, 4) is 0 Å². The molecule has 1 aromatic heterocycles. The molecule has 0 amide bonds. The van der Waals surface area contributed by atoms with E-state index in [0.29, 0.717) is 29.7 Å². The van der Waals surface area contributed by atoms with Crippen LogP contribution in [0.1, 0.15) is 19.0 Å². The first-order chi connectivity index (χ1) is 7.76. The number of hydrogen-bond donors (Lipinski definition) is 0. The van der Waals surface area contributed by atoms with Crippen LogP contribution >= 0.6 is 11.6 Å². The van der Waals surface area contributed by atoms with Gasteiger partial charge in [-0.05, 0) is 18.8 Å².